The molecule has 1 atom stereocenters. The third kappa shape index (κ3) is 6.51. The summed E-state index contributed by atoms with van der Waals surface area (Å²) in [6.07, 6.45) is 3.23. The number of ether oxygens (including phenoxy) is 2. The van der Waals surface area contributed by atoms with E-state index in [0.29, 0.717) is 19.3 Å². The van der Waals surface area contributed by atoms with E-state index in [-0.39, 0.29) is 0 Å². The van der Waals surface area contributed by atoms with E-state index in [2.05, 4.69) is 43.4 Å². The Balaban J connectivity index is 2.53. The highest BCUT2D eigenvalue weighted by Gasteiger charge is 2.10. The molecule has 1 rings (SSSR count). The average Bonchev–Trinajstić information content (AvgIpc) is 2.50. The Morgan fingerprint density at radius 3 is 2.70 bits per heavy atom. The predicted molar refractivity (Wildman–Crippen MR) is 84.2 cm³/mol. The van der Waals surface area contributed by atoms with Gasteiger partial charge in [-0.1, -0.05) is 38.1 Å². The standard InChI is InChI=1S/C17H29NO2/c1-4-10-18-17(9-11-20-13-12-19-3)16-8-6-7-15(5-2)14-16/h6-8,14,17-18H,4-5,9-13H2,1-3H3. The van der Waals surface area contributed by atoms with E-state index in [1.54, 1.807) is 7.11 Å². The Labute approximate surface area is 123 Å². The number of benzene rings is 1. The summed E-state index contributed by atoms with van der Waals surface area (Å²) in [7, 11) is 1.70. The fraction of sp³-hybridized carbons (Fsp3) is 0.647. The van der Waals surface area contributed by atoms with Gasteiger partial charge in [-0.15, -0.1) is 0 Å². The fourth-order valence-corrected chi connectivity index (χ4v) is 2.18. The van der Waals surface area contributed by atoms with Crippen LogP contribution in [0.4, 0.5) is 0 Å². The van der Waals surface area contributed by atoms with E-state index in [0.717, 1.165) is 32.4 Å². The van der Waals surface area contributed by atoms with E-state index >= 15 is 0 Å². The van der Waals surface area contributed by atoms with Gasteiger partial charge in [-0.3, -0.25) is 0 Å². The Hall–Kier alpha value is -0.900. The molecule has 1 unspecified atom stereocenters. The molecule has 3 nitrogen and oxygen atoms in total. The van der Waals surface area contributed by atoms with Gasteiger partial charge in [0.2, 0.25) is 0 Å². The number of nitrogens with one attached hydrogen (secondary N) is 1. The zero-order chi connectivity index (χ0) is 14.6. The normalized spacial score (nSPS) is 12.6. The SMILES string of the molecule is CCCNC(CCOCCOC)c1cccc(CC)c1. The van der Waals surface area contributed by atoms with Crippen LogP contribution in [0.1, 0.15) is 43.9 Å². The number of hydrogen-bond donors (Lipinski definition) is 1. The van der Waals surface area contributed by atoms with E-state index in [4.69, 9.17) is 9.47 Å². The molecule has 114 valence electrons. The molecule has 0 fully saturated rings. The Morgan fingerprint density at radius 2 is 2.00 bits per heavy atom. The third-order valence-corrected chi connectivity index (χ3v) is 3.39. The highest BCUT2D eigenvalue weighted by molar-refractivity contribution is 5.26. The Kier molecular flexibility index (Phi) is 9.29. The van der Waals surface area contributed by atoms with Gasteiger partial charge in [-0.05, 0) is 36.9 Å². The van der Waals surface area contributed by atoms with Gasteiger partial charge in [0.25, 0.3) is 0 Å². The summed E-state index contributed by atoms with van der Waals surface area (Å²) < 4.78 is 10.6. The maximum atomic E-state index is 5.60. The number of hydrogen-bond acceptors (Lipinski definition) is 3. The van der Waals surface area contributed by atoms with Gasteiger partial charge in [0.05, 0.1) is 13.2 Å². The van der Waals surface area contributed by atoms with Crippen molar-refractivity contribution in [3.05, 3.63) is 35.4 Å². The van der Waals surface area contributed by atoms with Crippen LogP contribution in [0.3, 0.4) is 0 Å². The molecule has 1 aromatic rings. The molecule has 0 saturated carbocycles. The van der Waals surface area contributed by atoms with Crippen molar-refractivity contribution < 1.29 is 9.47 Å². The van der Waals surface area contributed by atoms with Crippen LogP contribution in [0, 0.1) is 0 Å². The van der Waals surface area contributed by atoms with E-state index in [1.807, 2.05) is 0 Å². The minimum atomic E-state index is 0.379. The van der Waals surface area contributed by atoms with Gasteiger partial charge in [0.15, 0.2) is 0 Å². The topological polar surface area (TPSA) is 30.5 Å². The molecule has 0 heterocycles. The van der Waals surface area contributed by atoms with Crippen LogP contribution in [0.2, 0.25) is 0 Å². The molecule has 0 aliphatic rings. The first-order valence-corrected chi connectivity index (χ1v) is 7.70. The summed E-state index contributed by atoms with van der Waals surface area (Å²) in [5.41, 5.74) is 2.76. The summed E-state index contributed by atoms with van der Waals surface area (Å²) in [6, 6.07) is 9.24. The van der Waals surface area contributed by atoms with Crippen LogP contribution < -0.4 is 5.32 Å². The van der Waals surface area contributed by atoms with Crippen LogP contribution in [0.15, 0.2) is 24.3 Å². The van der Waals surface area contributed by atoms with Gasteiger partial charge >= 0.3 is 0 Å². The summed E-state index contributed by atoms with van der Waals surface area (Å²) in [5, 5.41) is 3.62. The van der Waals surface area contributed by atoms with E-state index < -0.39 is 0 Å². The number of aryl methyl sites for hydroxylation is 1. The molecule has 0 spiro atoms. The van der Waals surface area contributed by atoms with Gasteiger partial charge in [0.1, 0.15) is 0 Å². The highest BCUT2D eigenvalue weighted by atomic mass is 16.5. The monoisotopic (exact) mass is 279 g/mol. The zero-order valence-corrected chi connectivity index (χ0v) is 13.2. The van der Waals surface area contributed by atoms with Crippen molar-refractivity contribution in [2.24, 2.45) is 0 Å². The van der Waals surface area contributed by atoms with E-state index in [1.165, 1.54) is 11.1 Å². The molecule has 20 heavy (non-hydrogen) atoms. The molecule has 0 saturated heterocycles. The molecule has 1 aromatic carbocycles. The lowest BCUT2D eigenvalue weighted by molar-refractivity contribution is 0.0657. The molecule has 0 aliphatic carbocycles. The molecular weight excluding hydrogens is 250 g/mol. The summed E-state index contributed by atoms with van der Waals surface area (Å²) in [5.74, 6) is 0. The van der Waals surface area contributed by atoms with Gasteiger partial charge in [-0.2, -0.15) is 0 Å². The lowest BCUT2D eigenvalue weighted by atomic mass is 10.0. The van der Waals surface area contributed by atoms with Crippen molar-refractivity contribution in [3.63, 3.8) is 0 Å². The molecule has 0 aliphatic heterocycles. The summed E-state index contributed by atoms with van der Waals surface area (Å²) in [6.45, 7) is 7.54. The van der Waals surface area contributed by atoms with Gasteiger partial charge < -0.3 is 14.8 Å². The molecule has 3 heteroatoms. The molecule has 0 radical (unpaired) electrons. The first-order chi connectivity index (χ1) is 9.81. The van der Waals surface area contributed by atoms with Crippen LogP contribution in [0.25, 0.3) is 0 Å². The van der Waals surface area contributed by atoms with Crippen LogP contribution in [-0.4, -0.2) is 33.5 Å². The molecule has 0 aromatic heterocycles. The van der Waals surface area contributed by atoms with Gasteiger partial charge in [0, 0.05) is 19.8 Å². The van der Waals surface area contributed by atoms with Crippen LogP contribution in [-0.2, 0) is 15.9 Å². The first-order valence-electron chi connectivity index (χ1n) is 7.70. The predicted octanol–water partition coefficient (Wildman–Crippen LogP) is 3.34. The molecule has 0 bridgehead atoms. The average molecular weight is 279 g/mol. The zero-order valence-electron chi connectivity index (χ0n) is 13.2. The summed E-state index contributed by atoms with van der Waals surface area (Å²) >= 11 is 0. The maximum Gasteiger partial charge on any atom is 0.0700 e. The largest absolute Gasteiger partial charge is 0.382 e. The van der Waals surface area contributed by atoms with Crippen LogP contribution >= 0.6 is 0 Å². The Bertz CT molecular complexity index is 355. The van der Waals surface area contributed by atoms with Crippen molar-refractivity contribution in [2.75, 3.05) is 33.5 Å². The minimum Gasteiger partial charge on any atom is -0.382 e. The van der Waals surface area contributed by atoms with E-state index in [9.17, 15) is 0 Å². The quantitative estimate of drug-likeness (QED) is 0.630. The maximum absolute atomic E-state index is 5.60. The van der Waals surface area contributed by atoms with Gasteiger partial charge in [-0.25, -0.2) is 0 Å². The van der Waals surface area contributed by atoms with Crippen molar-refractivity contribution in [1.82, 2.24) is 5.32 Å². The lowest BCUT2D eigenvalue weighted by Crippen LogP contribution is -2.24. The number of methoxy groups -OCH3 is 1. The van der Waals surface area contributed by atoms with Crippen LogP contribution in [0.5, 0.6) is 0 Å². The molecular formula is C17H29NO2. The second-order valence-electron chi connectivity index (χ2n) is 5.00. The second-order valence-corrected chi connectivity index (χ2v) is 5.00. The third-order valence-electron chi connectivity index (χ3n) is 3.39. The Morgan fingerprint density at radius 1 is 1.15 bits per heavy atom. The fourth-order valence-electron chi connectivity index (χ4n) is 2.18. The minimum absolute atomic E-state index is 0.379. The van der Waals surface area contributed by atoms with Crippen molar-refractivity contribution >= 4 is 0 Å². The second kappa shape index (κ2) is 10.8. The van der Waals surface area contributed by atoms with Crippen molar-refractivity contribution in [2.45, 2.75) is 39.2 Å². The first kappa shape index (κ1) is 17.2. The molecule has 0 amide bonds. The van der Waals surface area contributed by atoms with Crippen molar-refractivity contribution in [1.29, 1.82) is 0 Å². The van der Waals surface area contributed by atoms with Crippen molar-refractivity contribution in [3.8, 4) is 0 Å². The molecule has 1 N–H and O–H groups in total. The lowest BCUT2D eigenvalue weighted by Gasteiger charge is -2.19. The number of rotatable bonds is 11. The highest BCUT2D eigenvalue weighted by Crippen LogP contribution is 2.18. The summed E-state index contributed by atoms with van der Waals surface area (Å²) in [4.78, 5) is 0. The smallest absolute Gasteiger partial charge is 0.0700 e.